The average Bonchev–Trinajstić information content (AvgIpc) is 2.63. The Hall–Kier alpha value is -2.55. The summed E-state index contributed by atoms with van der Waals surface area (Å²) in [5, 5.41) is 9.41. The van der Waals surface area contributed by atoms with E-state index in [9.17, 15) is 4.79 Å². The van der Waals surface area contributed by atoms with Crippen LogP contribution in [0.5, 0.6) is 0 Å². The topological polar surface area (TPSA) is 73.4 Å². The fourth-order valence-corrected chi connectivity index (χ4v) is 3.31. The Bertz CT molecular complexity index is 805. The van der Waals surface area contributed by atoms with Crippen LogP contribution in [0.4, 0.5) is 5.69 Å². The maximum absolute atomic E-state index is 11.2. The van der Waals surface area contributed by atoms with E-state index in [2.05, 4.69) is 15.9 Å². The molecule has 0 radical (unpaired) electrons. The molecule has 0 atom stereocenters. The lowest BCUT2D eigenvalue weighted by molar-refractivity contribution is 0.100. The number of nitriles is 1. The van der Waals surface area contributed by atoms with Gasteiger partial charge in [-0.3, -0.25) is 9.69 Å². The average molecular weight is 355 g/mol. The molecule has 2 N–H and O–H groups in total. The molecule has 5 nitrogen and oxygen atoms in total. The van der Waals surface area contributed by atoms with Gasteiger partial charge in [0.25, 0.3) is 0 Å². The third-order valence-corrected chi connectivity index (χ3v) is 4.74. The second kappa shape index (κ2) is 7.56. The molecule has 1 saturated heterocycles. The molecule has 1 fully saturated rings. The van der Waals surface area contributed by atoms with Gasteiger partial charge >= 0.3 is 0 Å². The van der Waals surface area contributed by atoms with Crippen LogP contribution in [0.25, 0.3) is 0 Å². The van der Waals surface area contributed by atoms with Gasteiger partial charge in [-0.2, -0.15) is 5.26 Å². The Morgan fingerprint density at radius 1 is 1.12 bits per heavy atom. The van der Waals surface area contributed by atoms with Crippen molar-refractivity contribution in [3.05, 3.63) is 64.2 Å². The van der Waals surface area contributed by atoms with Crippen molar-refractivity contribution >= 4 is 23.2 Å². The summed E-state index contributed by atoms with van der Waals surface area (Å²) in [5.41, 5.74) is 8.53. The monoisotopic (exact) mass is 354 g/mol. The van der Waals surface area contributed by atoms with Crippen LogP contribution in [0, 0.1) is 11.3 Å². The van der Waals surface area contributed by atoms with E-state index in [4.69, 9.17) is 22.6 Å². The molecule has 1 aliphatic heterocycles. The number of amides is 1. The molecule has 3 rings (SSSR count). The Morgan fingerprint density at radius 2 is 1.80 bits per heavy atom. The summed E-state index contributed by atoms with van der Waals surface area (Å²) in [6.07, 6.45) is 0. The van der Waals surface area contributed by atoms with Crippen molar-refractivity contribution in [2.24, 2.45) is 5.73 Å². The molecule has 0 spiro atoms. The minimum atomic E-state index is -0.472. The van der Waals surface area contributed by atoms with Gasteiger partial charge in [-0.15, -0.1) is 0 Å². The summed E-state index contributed by atoms with van der Waals surface area (Å²) in [6.45, 7) is 4.45. The van der Waals surface area contributed by atoms with E-state index in [0.29, 0.717) is 16.1 Å². The summed E-state index contributed by atoms with van der Waals surface area (Å²) in [4.78, 5) is 15.8. The molecular weight excluding hydrogens is 336 g/mol. The number of rotatable bonds is 4. The van der Waals surface area contributed by atoms with E-state index in [1.807, 2.05) is 30.3 Å². The van der Waals surface area contributed by atoms with Gasteiger partial charge in [-0.05, 0) is 35.9 Å². The molecule has 1 heterocycles. The molecule has 1 aliphatic rings. The fourth-order valence-electron chi connectivity index (χ4n) is 3.01. The molecular formula is C19H19ClN4O. The number of primary amides is 1. The van der Waals surface area contributed by atoms with Crippen LogP contribution in [0.15, 0.2) is 42.5 Å². The Balaban J connectivity index is 1.60. The van der Waals surface area contributed by atoms with E-state index < -0.39 is 5.91 Å². The van der Waals surface area contributed by atoms with Gasteiger partial charge in [0.15, 0.2) is 0 Å². The molecule has 0 bridgehead atoms. The molecule has 6 heteroatoms. The predicted molar refractivity (Wildman–Crippen MR) is 98.6 cm³/mol. The molecule has 128 valence electrons. The fraction of sp³-hybridized carbons (Fsp3) is 0.263. The number of nitrogens with two attached hydrogens (primary N) is 1. The molecule has 1 amide bonds. The van der Waals surface area contributed by atoms with Crippen LogP contribution in [0.2, 0.25) is 5.02 Å². The second-order valence-corrected chi connectivity index (χ2v) is 6.51. The number of halogens is 1. The number of carbonyl (C=O) groups excluding carboxylic acids is 1. The first-order chi connectivity index (χ1) is 12.1. The highest BCUT2D eigenvalue weighted by molar-refractivity contribution is 6.33. The number of benzene rings is 2. The first-order valence-electron chi connectivity index (χ1n) is 8.12. The van der Waals surface area contributed by atoms with Gasteiger partial charge in [-0.25, -0.2) is 0 Å². The number of hydrogen-bond acceptors (Lipinski definition) is 4. The lowest BCUT2D eigenvalue weighted by Crippen LogP contribution is -2.46. The first-order valence-corrected chi connectivity index (χ1v) is 8.50. The number of piperazine rings is 1. The maximum atomic E-state index is 11.2. The molecule has 25 heavy (non-hydrogen) atoms. The molecule has 0 aromatic heterocycles. The van der Waals surface area contributed by atoms with Crippen molar-refractivity contribution < 1.29 is 4.79 Å². The summed E-state index contributed by atoms with van der Waals surface area (Å²) >= 11 is 6.31. The van der Waals surface area contributed by atoms with Crippen molar-refractivity contribution in [3.8, 4) is 6.07 Å². The lowest BCUT2D eigenvalue weighted by Gasteiger charge is -2.36. The summed E-state index contributed by atoms with van der Waals surface area (Å²) in [6, 6.07) is 15.1. The van der Waals surface area contributed by atoms with Gasteiger partial charge in [0.2, 0.25) is 5.91 Å². The summed E-state index contributed by atoms with van der Waals surface area (Å²) in [7, 11) is 0. The van der Waals surface area contributed by atoms with Crippen molar-refractivity contribution in [1.29, 1.82) is 5.26 Å². The lowest BCUT2D eigenvalue weighted by atomic mass is 10.1. The van der Waals surface area contributed by atoms with Crippen LogP contribution >= 0.6 is 11.6 Å². The highest BCUT2D eigenvalue weighted by atomic mass is 35.5. The predicted octanol–water partition coefficient (Wildman–Crippen LogP) is 2.63. The van der Waals surface area contributed by atoms with Crippen LogP contribution in [0.1, 0.15) is 21.5 Å². The number of anilines is 1. The zero-order valence-corrected chi connectivity index (χ0v) is 14.5. The Morgan fingerprint density at radius 3 is 2.36 bits per heavy atom. The van der Waals surface area contributed by atoms with Crippen LogP contribution < -0.4 is 10.6 Å². The zero-order chi connectivity index (χ0) is 17.8. The van der Waals surface area contributed by atoms with Gasteiger partial charge in [0.05, 0.1) is 22.3 Å². The third-order valence-electron chi connectivity index (χ3n) is 4.43. The van der Waals surface area contributed by atoms with E-state index in [1.54, 1.807) is 12.1 Å². The highest BCUT2D eigenvalue weighted by Gasteiger charge is 2.19. The number of hydrogen-bond donors (Lipinski definition) is 1. The van der Waals surface area contributed by atoms with Crippen molar-refractivity contribution in [2.45, 2.75) is 6.54 Å². The van der Waals surface area contributed by atoms with E-state index >= 15 is 0 Å². The van der Waals surface area contributed by atoms with Crippen molar-refractivity contribution in [1.82, 2.24) is 4.90 Å². The Kier molecular flexibility index (Phi) is 5.22. The van der Waals surface area contributed by atoms with Crippen LogP contribution in [0.3, 0.4) is 0 Å². The van der Waals surface area contributed by atoms with Crippen LogP contribution in [-0.4, -0.2) is 37.0 Å². The van der Waals surface area contributed by atoms with Crippen LogP contribution in [-0.2, 0) is 6.54 Å². The quantitative estimate of drug-likeness (QED) is 0.916. The zero-order valence-electron chi connectivity index (χ0n) is 13.8. The first kappa shape index (κ1) is 17.3. The van der Waals surface area contributed by atoms with Crippen molar-refractivity contribution in [2.75, 3.05) is 31.1 Å². The number of carbonyl (C=O) groups is 1. The largest absolute Gasteiger partial charge is 0.368 e. The van der Waals surface area contributed by atoms with E-state index in [-0.39, 0.29) is 0 Å². The molecule has 2 aromatic carbocycles. The Labute approximate surface area is 152 Å². The second-order valence-electron chi connectivity index (χ2n) is 6.10. The summed E-state index contributed by atoms with van der Waals surface area (Å²) < 4.78 is 0. The van der Waals surface area contributed by atoms with Crippen molar-refractivity contribution in [3.63, 3.8) is 0 Å². The van der Waals surface area contributed by atoms with Gasteiger partial charge < -0.3 is 10.6 Å². The molecule has 0 unspecified atom stereocenters. The standard InChI is InChI=1S/C19H19ClN4O/c20-17-11-16(19(22)25)5-6-18(17)24-9-7-23(8-10-24)13-15-3-1-14(12-21)2-4-15/h1-6,11H,7-10,13H2,(H2,22,25). The SMILES string of the molecule is N#Cc1ccc(CN2CCN(c3ccc(C(N)=O)cc3Cl)CC2)cc1. The third kappa shape index (κ3) is 4.11. The maximum Gasteiger partial charge on any atom is 0.248 e. The highest BCUT2D eigenvalue weighted by Crippen LogP contribution is 2.28. The molecule has 0 aliphatic carbocycles. The number of nitrogens with zero attached hydrogens (tertiary/aromatic N) is 3. The minimum Gasteiger partial charge on any atom is -0.368 e. The molecule has 0 saturated carbocycles. The molecule has 2 aromatic rings. The normalized spacial score (nSPS) is 15.0. The minimum absolute atomic E-state index is 0.424. The van der Waals surface area contributed by atoms with Gasteiger partial charge in [-0.1, -0.05) is 23.7 Å². The summed E-state index contributed by atoms with van der Waals surface area (Å²) in [5.74, 6) is -0.472. The smallest absolute Gasteiger partial charge is 0.248 e. The van der Waals surface area contributed by atoms with E-state index in [0.717, 1.165) is 38.4 Å². The van der Waals surface area contributed by atoms with Gasteiger partial charge in [0, 0.05) is 38.3 Å². The van der Waals surface area contributed by atoms with E-state index in [1.165, 1.54) is 5.56 Å². The van der Waals surface area contributed by atoms with Gasteiger partial charge in [0.1, 0.15) is 0 Å².